The summed E-state index contributed by atoms with van der Waals surface area (Å²) in [6.45, 7) is 6.81. The summed E-state index contributed by atoms with van der Waals surface area (Å²) in [4.78, 5) is 6.23. The van der Waals surface area contributed by atoms with Crippen LogP contribution in [0.1, 0.15) is 43.7 Å². The second kappa shape index (κ2) is 9.98. The monoisotopic (exact) mass is 532 g/mol. The van der Waals surface area contributed by atoms with Crippen LogP contribution in [0.5, 0.6) is 0 Å². The van der Waals surface area contributed by atoms with E-state index in [2.05, 4.69) is 9.88 Å². The summed E-state index contributed by atoms with van der Waals surface area (Å²) < 4.78 is 55.6. The van der Waals surface area contributed by atoms with Gasteiger partial charge in [0.1, 0.15) is 12.1 Å². The fourth-order valence-corrected chi connectivity index (χ4v) is 7.85. The van der Waals surface area contributed by atoms with E-state index in [1.54, 1.807) is 18.4 Å². The molecule has 36 heavy (non-hydrogen) atoms. The van der Waals surface area contributed by atoms with E-state index in [4.69, 9.17) is 0 Å². The number of nitrogens with one attached hydrogen (secondary N) is 1. The van der Waals surface area contributed by atoms with Crippen LogP contribution >= 0.6 is 0 Å². The molecule has 1 unspecified atom stereocenters. The van der Waals surface area contributed by atoms with Crippen molar-refractivity contribution in [2.24, 2.45) is 0 Å². The summed E-state index contributed by atoms with van der Waals surface area (Å²) in [5, 5.41) is 1.08. The molecule has 0 aliphatic carbocycles. The van der Waals surface area contributed by atoms with Crippen LogP contribution in [0.15, 0.2) is 47.5 Å². The number of halogens is 1. The Morgan fingerprint density at radius 1 is 1.14 bits per heavy atom. The van der Waals surface area contributed by atoms with Crippen molar-refractivity contribution in [1.29, 1.82) is 0 Å². The molecule has 2 aliphatic rings. The van der Waals surface area contributed by atoms with Crippen LogP contribution in [0.2, 0.25) is 0 Å². The zero-order valence-corrected chi connectivity index (χ0v) is 22.5. The molecule has 0 bridgehead atoms. The summed E-state index contributed by atoms with van der Waals surface area (Å²) in [5.41, 5.74) is 3.63. The lowest BCUT2D eigenvalue weighted by atomic mass is 9.89. The van der Waals surface area contributed by atoms with Crippen molar-refractivity contribution in [3.05, 3.63) is 59.5 Å². The van der Waals surface area contributed by atoms with Gasteiger partial charge in [-0.1, -0.05) is 0 Å². The van der Waals surface area contributed by atoms with Gasteiger partial charge >= 0.3 is 10.2 Å². The molecule has 1 fully saturated rings. The molecule has 2 aromatic carbocycles. The Labute approximate surface area is 215 Å². The Morgan fingerprint density at radius 3 is 2.58 bits per heavy atom. The van der Waals surface area contributed by atoms with Gasteiger partial charge in [-0.25, -0.2) is 4.39 Å². The average molecular weight is 533 g/mol. The molecular formula is C26H33FN4O3S2. The maximum absolute atomic E-state index is 13.6. The molecule has 7 nitrogen and oxygen atoms in total. The highest BCUT2D eigenvalue weighted by molar-refractivity contribution is 7.91. The zero-order chi connectivity index (χ0) is 25.6. The minimum absolute atomic E-state index is 0.179. The Morgan fingerprint density at radius 2 is 1.89 bits per heavy atom. The smallest absolute Gasteiger partial charge is 0.304 e. The van der Waals surface area contributed by atoms with Crippen molar-refractivity contribution in [2.45, 2.75) is 50.1 Å². The predicted molar refractivity (Wildman–Crippen MR) is 142 cm³/mol. The minimum Gasteiger partial charge on any atom is -0.612 e. The lowest BCUT2D eigenvalue weighted by molar-refractivity contribution is 0.217. The summed E-state index contributed by atoms with van der Waals surface area (Å²) in [5.74, 6) is 0.153. The topological polar surface area (TPSA) is 82.7 Å². The van der Waals surface area contributed by atoms with Crippen LogP contribution in [-0.2, 0) is 27.9 Å². The van der Waals surface area contributed by atoms with Gasteiger partial charge in [0.25, 0.3) is 0 Å². The molecule has 3 aromatic rings. The number of anilines is 1. The van der Waals surface area contributed by atoms with Crippen LogP contribution in [-0.4, -0.2) is 65.6 Å². The van der Waals surface area contributed by atoms with Crippen LogP contribution in [0.4, 0.5) is 10.1 Å². The van der Waals surface area contributed by atoms with Gasteiger partial charge in [0.15, 0.2) is 4.90 Å². The van der Waals surface area contributed by atoms with Crippen LogP contribution in [0, 0.1) is 5.82 Å². The lowest BCUT2D eigenvalue weighted by Gasteiger charge is -2.40. The first-order valence-electron chi connectivity index (χ1n) is 12.4. The molecule has 194 valence electrons. The molecule has 1 atom stereocenters. The van der Waals surface area contributed by atoms with Crippen molar-refractivity contribution >= 4 is 38.0 Å². The number of benzene rings is 2. The van der Waals surface area contributed by atoms with Gasteiger partial charge in [0.2, 0.25) is 0 Å². The second-order valence-corrected chi connectivity index (χ2v) is 13.2. The molecule has 0 saturated carbocycles. The number of rotatable bonds is 6. The van der Waals surface area contributed by atoms with Crippen molar-refractivity contribution in [2.75, 3.05) is 36.7 Å². The first-order valence-corrected chi connectivity index (χ1v) is 15.4. The highest BCUT2D eigenvalue weighted by atomic mass is 32.2. The maximum Gasteiger partial charge on any atom is 0.304 e. The Kier molecular flexibility index (Phi) is 7.08. The molecule has 1 N–H and O–H groups in total. The number of piperidine rings is 1. The zero-order valence-electron chi connectivity index (χ0n) is 20.9. The molecule has 2 aliphatic heterocycles. The van der Waals surface area contributed by atoms with Gasteiger partial charge < -0.3 is 14.4 Å². The average Bonchev–Trinajstić information content (AvgIpc) is 3.25. The fourth-order valence-electron chi connectivity index (χ4n) is 5.45. The fraction of sp³-hybridized carbons (Fsp3) is 0.462. The predicted octanol–water partition coefficient (Wildman–Crippen LogP) is 4.20. The summed E-state index contributed by atoms with van der Waals surface area (Å²) >= 11 is -1.13. The van der Waals surface area contributed by atoms with Gasteiger partial charge in [-0.3, -0.25) is 4.31 Å². The highest BCUT2D eigenvalue weighted by Crippen LogP contribution is 2.36. The summed E-state index contributed by atoms with van der Waals surface area (Å²) in [6.07, 6.45) is 5.58. The van der Waals surface area contributed by atoms with Crippen molar-refractivity contribution in [3.63, 3.8) is 0 Å². The number of aromatic amines is 1. The number of fused-ring (bicyclic) bond motifs is 2. The van der Waals surface area contributed by atoms with Crippen LogP contribution in [0.25, 0.3) is 10.9 Å². The van der Waals surface area contributed by atoms with Crippen molar-refractivity contribution < 1.29 is 17.4 Å². The molecular weight excluding hydrogens is 499 g/mol. The Hall–Kier alpha value is -2.11. The van der Waals surface area contributed by atoms with Gasteiger partial charge in [-0.15, -0.1) is 0 Å². The molecule has 5 rings (SSSR count). The van der Waals surface area contributed by atoms with E-state index in [1.807, 2.05) is 32.2 Å². The number of aromatic nitrogens is 1. The van der Waals surface area contributed by atoms with E-state index in [0.717, 1.165) is 42.4 Å². The largest absolute Gasteiger partial charge is 0.612 e. The first-order chi connectivity index (χ1) is 17.1. The lowest BCUT2D eigenvalue weighted by Crippen LogP contribution is -2.52. The molecule has 0 amide bonds. The Bertz CT molecular complexity index is 1350. The SMILES string of the molecule is CC(C)N1Cc2cc([S+](C)[O-])ccc2N(CCN2CCC(c3c[nH]c4cc(F)ccc34)CC2)S1(=O)=O. The quantitative estimate of drug-likeness (QED) is 0.483. The van der Waals surface area contributed by atoms with E-state index in [-0.39, 0.29) is 18.4 Å². The number of hydrogen-bond acceptors (Lipinski definition) is 4. The van der Waals surface area contributed by atoms with E-state index >= 15 is 0 Å². The number of nitrogens with zero attached hydrogens (tertiary/aromatic N) is 3. The van der Waals surface area contributed by atoms with Gasteiger partial charge in [-0.2, -0.15) is 12.7 Å². The molecule has 1 saturated heterocycles. The molecule has 3 heterocycles. The van der Waals surface area contributed by atoms with E-state index in [9.17, 15) is 17.4 Å². The third-order valence-electron chi connectivity index (χ3n) is 7.45. The third kappa shape index (κ3) is 4.77. The van der Waals surface area contributed by atoms with Crippen LogP contribution in [0.3, 0.4) is 0 Å². The summed E-state index contributed by atoms with van der Waals surface area (Å²) in [6, 6.07) is 10.2. The highest BCUT2D eigenvalue weighted by Gasteiger charge is 2.38. The number of likely N-dealkylation sites (tertiary alicyclic amines) is 1. The molecule has 10 heteroatoms. The molecule has 0 spiro atoms. The summed E-state index contributed by atoms with van der Waals surface area (Å²) in [7, 11) is -3.66. The molecule has 1 aromatic heterocycles. The van der Waals surface area contributed by atoms with Crippen molar-refractivity contribution in [1.82, 2.24) is 14.2 Å². The minimum atomic E-state index is -3.66. The number of H-pyrrole nitrogens is 1. The third-order valence-corrected chi connectivity index (χ3v) is 10.4. The standard InChI is InChI=1S/C26H33FN4O3S2/c1-18(2)31-17-20-14-22(35(3)32)5-7-26(20)30(36(31,33)34)13-12-29-10-8-19(9-11-29)24-16-28-25-15-21(27)4-6-23(24)25/h4-7,14-16,18-19,28H,8-13,17H2,1-3H3. The maximum atomic E-state index is 13.6. The van der Waals surface area contributed by atoms with E-state index < -0.39 is 21.4 Å². The van der Waals surface area contributed by atoms with E-state index in [0.29, 0.717) is 29.6 Å². The molecule has 0 radical (unpaired) electrons. The van der Waals surface area contributed by atoms with Gasteiger partial charge in [0, 0.05) is 42.8 Å². The van der Waals surface area contributed by atoms with Gasteiger partial charge in [0.05, 0.1) is 5.69 Å². The van der Waals surface area contributed by atoms with Gasteiger partial charge in [-0.05, 0) is 104 Å². The normalized spacial score (nSPS) is 20.2. The van der Waals surface area contributed by atoms with E-state index in [1.165, 1.54) is 26.3 Å². The first kappa shape index (κ1) is 25.5. The van der Waals surface area contributed by atoms with Crippen molar-refractivity contribution in [3.8, 4) is 0 Å². The van der Waals surface area contributed by atoms with Crippen LogP contribution < -0.4 is 4.31 Å². The second-order valence-electron chi connectivity index (χ2n) is 10.0. The Balaban J connectivity index is 1.29. The number of hydrogen-bond donors (Lipinski definition) is 1.